The van der Waals surface area contributed by atoms with E-state index in [4.69, 9.17) is 23.2 Å². The molecule has 160 valence electrons. The minimum absolute atomic E-state index is 0.151. The Bertz CT molecular complexity index is 1220. The summed E-state index contributed by atoms with van der Waals surface area (Å²) >= 11 is 12.5. The van der Waals surface area contributed by atoms with Crippen LogP contribution in [0, 0.1) is 6.92 Å². The molecule has 5 nitrogen and oxygen atoms in total. The Morgan fingerprint density at radius 2 is 1.61 bits per heavy atom. The van der Waals surface area contributed by atoms with Crippen molar-refractivity contribution in [3.63, 3.8) is 0 Å². The lowest BCUT2D eigenvalue weighted by Gasteiger charge is -2.31. The van der Waals surface area contributed by atoms with Gasteiger partial charge in [-0.25, -0.2) is 8.42 Å². The molecule has 0 saturated carbocycles. The molecule has 0 N–H and O–H groups in total. The lowest BCUT2D eigenvalue weighted by Crippen LogP contribution is -2.38. The number of carbonyl (C=O) groups is 1. The van der Waals surface area contributed by atoms with E-state index in [0.717, 1.165) is 5.56 Å². The molecule has 1 amide bonds. The zero-order chi connectivity index (χ0) is 22.2. The molecule has 0 aromatic heterocycles. The van der Waals surface area contributed by atoms with E-state index in [9.17, 15) is 13.2 Å². The summed E-state index contributed by atoms with van der Waals surface area (Å²) in [4.78, 5) is 15.0. The minimum atomic E-state index is -3.88. The van der Waals surface area contributed by atoms with Crippen LogP contribution < -0.4 is 0 Å². The molecule has 1 fully saturated rings. The van der Waals surface area contributed by atoms with Gasteiger partial charge in [-0.05, 0) is 43.3 Å². The van der Waals surface area contributed by atoms with E-state index in [0.29, 0.717) is 21.2 Å². The van der Waals surface area contributed by atoms with Gasteiger partial charge in [-0.2, -0.15) is 4.31 Å². The first kappa shape index (κ1) is 21.8. The first-order valence-electron chi connectivity index (χ1n) is 9.68. The van der Waals surface area contributed by atoms with E-state index in [1.807, 2.05) is 13.0 Å². The van der Waals surface area contributed by atoms with Crippen LogP contribution in [-0.4, -0.2) is 36.6 Å². The fraction of sp³-hybridized carbons (Fsp3) is 0.174. The van der Waals surface area contributed by atoms with E-state index in [-0.39, 0.29) is 23.9 Å². The normalized spacial score (nSPS) is 17.1. The van der Waals surface area contributed by atoms with Gasteiger partial charge in [0.1, 0.15) is 6.17 Å². The van der Waals surface area contributed by atoms with Gasteiger partial charge in [0.05, 0.1) is 4.90 Å². The summed E-state index contributed by atoms with van der Waals surface area (Å²) in [6.45, 7) is 2.28. The van der Waals surface area contributed by atoms with Crippen molar-refractivity contribution in [2.24, 2.45) is 0 Å². The zero-order valence-electron chi connectivity index (χ0n) is 16.7. The molecule has 3 aromatic carbocycles. The highest BCUT2D eigenvalue weighted by atomic mass is 35.5. The van der Waals surface area contributed by atoms with Crippen molar-refractivity contribution >= 4 is 39.1 Å². The zero-order valence-corrected chi connectivity index (χ0v) is 19.0. The largest absolute Gasteiger partial charge is 0.316 e. The molecule has 0 bridgehead atoms. The summed E-state index contributed by atoms with van der Waals surface area (Å²) < 4.78 is 28.4. The minimum Gasteiger partial charge on any atom is -0.316 e. The molecule has 1 aliphatic rings. The average molecular weight is 475 g/mol. The Morgan fingerprint density at radius 3 is 2.26 bits per heavy atom. The van der Waals surface area contributed by atoms with Gasteiger partial charge in [0.2, 0.25) is 10.0 Å². The fourth-order valence-corrected chi connectivity index (χ4v) is 5.77. The molecule has 3 aromatic rings. The Balaban J connectivity index is 1.81. The smallest absolute Gasteiger partial charge is 0.255 e. The highest BCUT2D eigenvalue weighted by Gasteiger charge is 2.44. The molecule has 4 rings (SSSR count). The average Bonchev–Trinajstić information content (AvgIpc) is 3.20. The number of carbonyl (C=O) groups excluding carboxylic acids is 1. The van der Waals surface area contributed by atoms with E-state index >= 15 is 0 Å². The standard InChI is InChI=1S/C23H20Cl2N2O3S/c1-16-7-10-19(11-8-16)31(29,30)27-14-13-26(23(28)17-5-3-2-4-6-17)22(27)20-12-9-18(24)15-21(20)25/h2-12,15,22H,13-14H2,1H3/t22-/m0/s1. The Hall–Kier alpha value is -2.38. The van der Waals surface area contributed by atoms with Gasteiger partial charge >= 0.3 is 0 Å². The molecule has 0 spiro atoms. The molecule has 1 saturated heterocycles. The third kappa shape index (κ3) is 4.21. The van der Waals surface area contributed by atoms with Crippen molar-refractivity contribution < 1.29 is 13.2 Å². The maximum Gasteiger partial charge on any atom is 0.255 e. The van der Waals surface area contributed by atoms with Crippen LogP contribution in [0.25, 0.3) is 0 Å². The van der Waals surface area contributed by atoms with Crippen LogP contribution in [-0.2, 0) is 10.0 Å². The van der Waals surface area contributed by atoms with Gasteiger partial charge in [-0.15, -0.1) is 0 Å². The molecule has 1 heterocycles. The SMILES string of the molecule is Cc1ccc(S(=O)(=O)N2CCN(C(=O)c3ccccc3)[C@@H]2c2ccc(Cl)cc2Cl)cc1. The van der Waals surface area contributed by atoms with Gasteiger partial charge in [-0.1, -0.05) is 65.2 Å². The maximum absolute atomic E-state index is 13.5. The van der Waals surface area contributed by atoms with Crippen LogP contribution in [0.15, 0.2) is 77.7 Å². The molecule has 1 atom stereocenters. The van der Waals surface area contributed by atoms with Gasteiger partial charge in [0, 0.05) is 34.3 Å². The predicted octanol–water partition coefficient (Wildman–Crippen LogP) is 5.15. The first-order valence-corrected chi connectivity index (χ1v) is 11.9. The highest BCUT2D eigenvalue weighted by Crippen LogP contribution is 2.39. The number of benzene rings is 3. The summed E-state index contributed by atoms with van der Waals surface area (Å²) in [6.07, 6.45) is -0.885. The van der Waals surface area contributed by atoms with Crippen molar-refractivity contribution in [3.05, 3.63) is 99.5 Å². The molecular weight excluding hydrogens is 455 g/mol. The first-order chi connectivity index (χ1) is 14.8. The molecule has 0 radical (unpaired) electrons. The van der Waals surface area contributed by atoms with Crippen LogP contribution in [0.3, 0.4) is 0 Å². The van der Waals surface area contributed by atoms with Crippen LogP contribution in [0.4, 0.5) is 0 Å². The second kappa shape index (κ2) is 8.63. The van der Waals surface area contributed by atoms with Gasteiger partial charge in [-0.3, -0.25) is 4.79 Å². The van der Waals surface area contributed by atoms with E-state index in [1.165, 1.54) is 9.21 Å². The maximum atomic E-state index is 13.5. The van der Waals surface area contributed by atoms with E-state index < -0.39 is 16.2 Å². The van der Waals surface area contributed by atoms with Crippen molar-refractivity contribution in [1.82, 2.24) is 9.21 Å². The second-order valence-corrected chi connectivity index (χ2v) is 10.1. The van der Waals surface area contributed by atoms with Crippen molar-refractivity contribution in [2.75, 3.05) is 13.1 Å². The van der Waals surface area contributed by atoms with Crippen LogP contribution in [0.1, 0.15) is 27.7 Å². The summed E-state index contributed by atoms with van der Waals surface area (Å²) in [5.74, 6) is -0.266. The summed E-state index contributed by atoms with van der Waals surface area (Å²) in [7, 11) is -3.88. The molecule has 0 unspecified atom stereocenters. The Kier molecular flexibility index (Phi) is 6.08. The van der Waals surface area contributed by atoms with Crippen molar-refractivity contribution in [3.8, 4) is 0 Å². The Labute approximate surface area is 191 Å². The van der Waals surface area contributed by atoms with Gasteiger partial charge < -0.3 is 4.90 Å². The third-order valence-corrected chi connectivity index (χ3v) is 7.71. The number of amides is 1. The number of aryl methyl sites for hydroxylation is 1. The predicted molar refractivity (Wildman–Crippen MR) is 122 cm³/mol. The third-order valence-electron chi connectivity index (χ3n) is 5.28. The quantitative estimate of drug-likeness (QED) is 0.525. The van der Waals surface area contributed by atoms with Crippen molar-refractivity contribution in [2.45, 2.75) is 18.0 Å². The second-order valence-electron chi connectivity index (χ2n) is 7.33. The number of hydrogen-bond donors (Lipinski definition) is 0. The molecule has 8 heteroatoms. The highest BCUT2D eigenvalue weighted by molar-refractivity contribution is 7.89. The number of sulfonamides is 1. The monoisotopic (exact) mass is 474 g/mol. The molecule has 0 aliphatic carbocycles. The molecule has 31 heavy (non-hydrogen) atoms. The lowest BCUT2D eigenvalue weighted by atomic mass is 10.1. The van der Waals surface area contributed by atoms with Crippen LogP contribution in [0.2, 0.25) is 10.0 Å². The number of rotatable bonds is 4. The summed E-state index contributed by atoms with van der Waals surface area (Å²) in [6, 6.07) is 20.3. The molecule has 1 aliphatic heterocycles. The van der Waals surface area contributed by atoms with Crippen molar-refractivity contribution in [1.29, 1.82) is 0 Å². The van der Waals surface area contributed by atoms with Gasteiger partial charge in [0.25, 0.3) is 5.91 Å². The van der Waals surface area contributed by atoms with Gasteiger partial charge in [0.15, 0.2) is 0 Å². The lowest BCUT2D eigenvalue weighted by molar-refractivity contribution is 0.0693. The van der Waals surface area contributed by atoms with Crippen LogP contribution >= 0.6 is 23.2 Å². The summed E-state index contributed by atoms with van der Waals surface area (Å²) in [5.41, 5.74) is 1.94. The number of halogens is 2. The Morgan fingerprint density at radius 1 is 0.935 bits per heavy atom. The van der Waals surface area contributed by atoms with E-state index in [2.05, 4.69) is 0 Å². The van der Waals surface area contributed by atoms with Crippen LogP contribution in [0.5, 0.6) is 0 Å². The topological polar surface area (TPSA) is 57.7 Å². The summed E-state index contributed by atoms with van der Waals surface area (Å²) in [5, 5.41) is 0.731. The number of hydrogen-bond acceptors (Lipinski definition) is 3. The fourth-order valence-electron chi connectivity index (χ4n) is 3.70. The number of nitrogens with zero attached hydrogens (tertiary/aromatic N) is 2. The van der Waals surface area contributed by atoms with E-state index in [1.54, 1.807) is 66.7 Å². The molecular formula is C23H20Cl2N2O3S.